The number of hydrogen-bond donors (Lipinski definition) is 1. The van der Waals surface area contributed by atoms with Gasteiger partial charge in [0.15, 0.2) is 0 Å². The van der Waals surface area contributed by atoms with E-state index in [4.69, 9.17) is 4.42 Å². The predicted octanol–water partition coefficient (Wildman–Crippen LogP) is 5.07. The number of carbonyl (C=O) groups is 1. The number of aryl methyl sites for hydroxylation is 1. The standard InChI is InChI=1S/C26H26N4O2/c1-18-5-4-6-22(17-18)26-29-28-25(32-26)21-11-9-20(10-12-21)24(31)27-23-13-7-19(8-14-23)15-16-30(2)3/h4-14,17H,15-16H2,1-3H3,(H,27,31). The van der Waals surface area contributed by atoms with Crippen LogP contribution in [0.5, 0.6) is 0 Å². The number of hydrogen-bond acceptors (Lipinski definition) is 5. The van der Waals surface area contributed by atoms with E-state index in [-0.39, 0.29) is 5.91 Å². The number of amides is 1. The van der Waals surface area contributed by atoms with Crippen LogP contribution >= 0.6 is 0 Å². The lowest BCUT2D eigenvalue weighted by Crippen LogP contribution is -2.15. The van der Waals surface area contributed by atoms with Crippen LogP contribution in [0.15, 0.2) is 77.2 Å². The zero-order chi connectivity index (χ0) is 22.5. The molecule has 0 aliphatic rings. The number of benzene rings is 3. The van der Waals surface area contributed by atoms with Crippen molar-refractivity contribution in [2.75, 3.05) is 26.0 Å². The summed E-state index contributed by atoms with van der Waals surface area (Å²) in [5.74, 6) is 0.727. The summed E-state index contributed by atoms with van der Waals surface area (Å²) in [6.45, 7) is 3.01. The first-order chi connectivity index (χ1) is 15.5. The van der Waals surface area contributed by atoms with Gasteiger partial charge < -0.3 is 14.6 Å². The Morgan fingerprint density at radius 1 is 0.906 bits per heavy atom. The van der Waals surface area contributed by atoms with Crippen molar-refractivity contribution < 1.29 is 9.21 Å². The summed E-state index contributed by atoms with van der Waals surface area (Å²) in [5, 5.41) is 11.2. The van der Waals surface area contributed by atoms with Crippen molar-refractivity contribution >= 4 is 11.6 Å². The van der Waals surface area contributed by atoms with Crippen molar-refractivity contribution in [2.45, 2.75) is 13.3 Å². The Morgan fingerprint density at radius 3 is 2.25 bits per heavy atom. The number of nitrogens with zero attached hydrogens (tertiary/aromatic N) is 3. The van der Waals surface area contributed by atoms with Crippen LogP contribution in [0.25, 0.3) is 22.9 Å². The summed E-state index contributed by atoms with van der Waals surface area (Å²) in [5.41, 5.74) is 5.34. The fraction of sp³-hybridized carbons (Fsp3) is 0.192. The average molecular weight is 427 g/mol. The third-order valence-corrected chi connectivity index (χ3v) is 5.14. The highest BCUT2D eigenvalue weighted by atomic mass is 16.4. The van der Waals surface area contributed by atoms with Gasteiger partial charge in [-0.25, -0.2) is 0 Å². The van der Waals surface area contributed by atoms with Crippen molar-refractivity contribution in [2.24, 2.45) is 0 Å². The van der Waals surface area contributed by atoms with Crippen LogP contribution in [0.2, 0.25) is 0 Å². The first kappa shape index (κ1) is 21.5. The monoisotopic (exact) mass is 426 g/mol. The maximum Gasteiger partial charge on any atom is 0.255 e. The van der Waals surface area contributed by atoms with E-state index in [9.17, 15) is 4.79 Å². The largest absolute Gasteiger partial charge is 0.416 e. The highest BCUT2D eigenvalue weighted by Gasteiger charge is 2.12. The van der Waals surface area contributed by atoms with Crippen LogP contribution < -0.4 is 5.32 Å². The molecule has 162 valence electrons. The van der Waals surface area contributed by atoms with Gasteiger partial charge in [0.25, 0.3) is 5.91 Å². The smallest absolute Gasteiger partial charge is 0.255 e. The number of rotatable bonds is 7. The van der Waals surface area contributed by atoms with Crippen LogP contribution in [-0.4, -0.2) is 41.6 Å². The average Bonchev–Trinajstić information content (AvgIpc) is 3.29. The van der Waals surface area contributed by atoms with E-state index in [1.807, 2.05) is 67.6 Å². The molecular formula is C26H26N4O2. The normalized spacial score (nSPS) is 11.0. The molecule has 0 saturated carbocycles. The highest BCUT2D eigenvalue weighted by molar-refractivity contribution is 6.04. The summed E-state index contributed by atoms with van der Waals surface area (Å²) < 4.78 is 5.83. The number of likely N-dealkylation sites (N-methyl/N-ethyl adjacent to an activating group) is 1. The van der Waals surface area contributed by atoms with Crippen LogP contribution in [0.4, 0.5) is 5.69 Å². The van der Waals surface area contributed by atoms with Gasteiger partial charge in [-0.1, -0.05) is 29.8 Å². The Kier molecular flexibility index (Phi) is 6.42. The molecule has 0 aliphatic carbocycles. The minimum Gasteiger partial charge on any atom is -0.416 e. The van der Waals surface area contributed by atoms with Gasteiger partial charge in [0.1, 0.15) is 0 Å². The quantitative estimate of drug-likeness (QED) is 0.447. The Balaban J connectivity index is 1.41. The molecule has 6 heteroatoms. The van der Waals surface area contributed by atoms with Crippen LogP contribution in [-0.2, 0) is 6.42 Å². The van der Waals surface area contributed by atoms with E-state index in [0.717, 1.165) is 35.3 Å². The van der Waals surface area contributed by atoms with Gasteiger partial charge in [-0.2, -0.15) is 0 Å². The van der Waals surface area contributed by atoms with Crippen LogP contribution in [0.3, 0.4) is 0 Å². The van der Waals surface area contributed by atoms with E-state index < -0.39 is 0 Å². The second-order valence-corrected chi connectivity index (χ2v) is 8.06. The molecule has 0 unspecified atom stereocenters. The molecule has 32 heavy (non-hydrogen) atoms. The number of carbonyl (C=O) groups excluding carboxylic acids is 1. The number of nitrogens with one attached hydrogen (secondary N) is 1. The molecule has 0 aliphatic heterocycles. The fourth-order valence-electron chi connectivity index (χ4n) is 3.31. The zero-order valence-corrected chi connectivity index (χ0v) is 18.5. The fourth-order valence-corrected chi connectivity index (χ4v) is 3.31. The maximum atomic E-state index is 12.6. The molecule has 0 fully saturated rings. The lowest BCUT2D eigenvalue weighted by molar-refractivity contribution is 0.102. The molecule has 0 spiro atoms. The molecule has 4 aromatic rings. The molecule has 0 atom stereocenters. The van der Waals surface area contributed by atoms with Gasteiger partial charge in [0.2, 0.25) is 11.8 Å². The van der Waals surface area contributed by atoms with Gasteiger partial charge in [-0.15, -0.1) is 10.2 Å². The topological polar surface area (TPSA) is 71.3 Å². The first-order valence-electron chi connectivity index (χ1n) is 10.5. The first-order valence-corrected chi connectivity index (χ1v) is 10.5. The molecular weight excluding hydrogens is 400 g/mol. The number of aromatic nitrogens is 2. The molecule has 1 heterocycles. The van der Waals surface area contributed by atoms with Gasteiger partial charge in [0, 0.05) is 28.9 Å². The van der Waals surface area contributed by atoms with E-state index in [1.165, 1.54) is 5.56 Å². The lowest BCUT2D eigenvalue weighted by Gasteiger charge is -2.10. The molecule has 3 aromatic carbocycles. The molecule has 1 aromatic heterocycles. The Hall–Kier alpha value is -3.77. The van der Waals surface area contributed by atoms with Crippen LogP contribution in [0.1, 0.15) is 21.5 Å². The van der Waals surface area contributed by atoms with Crippen molar-refractivity contribution in [1.29, 1.82) is 0 Å². The minimum absolute atomic E-state index is 0.163. The van der Waals surface area contributed by atoms with E-state index >= 15 is 0 Å². The summed E-state index contributed by atoms with van der Waals surface area (Å²) in [7, 11) is 4.11. The van der Waals surface area contributed by atoms with Gasteiger partial charge in [-0.3, -0.25) is 4.79 Å². The maximum absolute atomic E-state index is 12.6. The second-order valence-electron chi connectivity index (χ2n) is 8.06. The third-order valence-electron chi connectivity index (χ3n) is 5.14. The van der Waals surface area contributed by atoms with Gasteiger partial charge in [0.05, 0.1) is 0 Å². The molecule has 0 bridgehead atoms. The van der Waals surface area contributed by atoms with Crippen molar-refractivity contribution in [3.63, 3.8) is 0 Å². The predicted molar refractivity (Wildman–Crippen MR) is 127 cm³/mol. The van der Waals surface area contributed by atoms with E-state index in [2.05, 4.69) is 34.5 Å². The molecule has 6 nitrogen and oxygen atoms in total. The minimum atomic E-state index is -0.163. The summed E-state index contributed by atoms with van der Waals surface area (Å²) in [4.78, 5) is 14.8. The van der Waals surface area contributed by atoms with Crippen molar-refractivity contribution in [3.8, 4) is 22.9 Å². The third kappa shape index (κ3) is 5.28. The van der Waals surface area contributed by atoms with Gasteiger partial charge >= 0.3 is 0 Å². The molecule has 4 rings (SSSR count). The van der Waals surface area contributed by atoms with E-state index in [1.54, 1.807) is 12.1 Å². The summed E-state index contributed by atoms with van der Waals surface area (Å²) >= 11 is 0. The van der Waals surface area contributed by atoms with Crippen LogP contribution in [0, 0.1) is 6.92 Å². The summed E-state index contributed by atoms with van der Waals surface area (Å²) in [6, 6.07) is 23.0. The SMILES string of the molecule is Cc1cccc(-c2nnc(-c3ccc(C(=O)Nc4ccc(CCN(C)C)cc4)cc3)o2)c1. The highest BCUT2D eigenvalue weighted by Crippen LogP contribution is 2.25. The Morgan fingerprint density at radius 2 is 1.59 bits per heavy atom. The van der Waals surface area contributed by atoms with Crippen molar-refractivity contribution in [1.82, 2.24) is 15.1 Å². The molecule has 1 N–H and O–H groups in total. The Labute approximate surface area is 187 Å². The zero-order valence-electron chi connectivity index (χ0n) is 18.5. The molecule has 0 radical (unpaired) electrons. The van der Waals surface area contributed by atoms with Gasteiger partial charge in [-0.05, 0) is 81.5 Å². The molecule has 0 saturated heterocycles. The van der Waals surface area contributed by atoms with Crippen molar-refractivity contribution in [3.05, 3.63) is 89.5 Å². The Bertz CT molecular complexity index is 1200. The molecule has 1 amide bonds. The van der Waals surface area contributed by atoms with E-state index in [0.29, 0.717) is 17.3 Å². The number of anilines is 1. The lowest BCUT2D eigenvalue weighted by atomic mass is 10.1. The summed E-state index contributed by atoms with van der Waals surface area (Å²) in [6.07, 6.45) is 0.976. The second kappa shape index (κ2) is 9.58.